The van der Waals surface area contributed by atoms with Gasteiger partial charge in [-0.25, -0.2) is 0 Å². The summed E-state index contributed by atoms with van der Waals surface area (Å²) in [5.74, 6) is -0.456. The van der Waals surface area contributed by atoms with E-state index in [4.69, 9.17) is 0 Å². The second-order valence-electron chi connectivity index (χ2n) is 5.30. The molecule has 25 heavy (non-hydrogen) atoms. The highest BCUT2D eigenvalue weighted by Crippen LogP contribution is 2.19. The summed E-state index contributed by atoms with van der Waals surface area (Å²) in [6.45, 7) is 1.46. The van der Waals surface area contributed by atoms with E-state index in [9.17, 15) is 19.7 Å². The van der Waals surface area contributed by atoms with Crippen molar-refractivity contribution in [3.63, 3.8) is 0 Å². The number of nitro groups is 1. The van der Waals surface area contributed by atoms with Crippen molar-refractivity contribution < 1.29 is 14.5 Å². The Bertz CT molecular complexity index is 828. The molecule has 0 radical (unpaired) electrons. The Labute approximate surface area is 144 Å². The third kappa shape index (κ3) is 5.00. The van der Waals surface area contributed by atoms with Crippen LogP contribution in [0.5, 0.6) is 0 Å². The van der Waals surface area contributed by atoms with E-state index in [0.717, 1.165) is 0 Å². The number of hydrogen-bond acceptors (Lipinski definition) is 4. The predicted molar refractivity (Wildman–Crippen MR) is 96.3 cm³/mol. The molecule has 0 bridgehead atoms. The van der Waals surface area contributed by atoms with Crippen LogP contribution in [0.15, 0.2) is 54.6 Å². The summed E-state index contributed by atoms with van der Waals surface area (Å²) in [6.07, 6.45) is 2.90. The van der Waals surface area contributed by atoms with Crippen LogP contribution in [0.4, 0.5) is 17.1 Å². The van der Waals surface area contributed by atoms with Gasteiger partial charge in [0.25, 0.3) is 5.69 Å². The van der Waals surface area contributed by atoms with Crippen LogP contribution in [-0.2, 0) is 9.59 Å². The van der Waals surface area contributed by atoms with E-state index in [2.05, 4.69) is 5.32 Å². The molecule has 0 saturated heterocycles. The highest BCUT2D eigenvalue weighted by molar-refractivity contribution is 6.02. The molecule has 0 fully saturated rings. The van der Waals surface area contributed by atoms with Crippen LogP contribution in [0.25, 0.3) is 6.08 Å². The van der Waals surface area contributed by atoms with E-state index in [0.29, 0.717) is 16.9 Å². The molecule has 0 spiro atoms. The van der Waals surface area contributed by atoms with Gasteiger partial charge >= 0.3 is 0 Å². The first-order valence-electron chi connectivity index (χ1n) is 7.44. The van der Waals surface area contributed by atoms with Crippen LogP contribution >= 0.6 is 0 Å². The lowest BCUT2D eigenvalue weighted by atomic mass is 10.2. The largest absolute Gasteiger partial charge is 0.322 e. The molecule has 0 heterocycles. The molecule has 2 aromatic carbocycles. The molecule has 7 nitrogen and oxygen atoms in total. The van der Waals surface area contributed by atoms with Gasteiger partial charge in [0.05, 0.1) is 4.92 Å². The summed E-state index contributed by atoms with van der Waals surface area (Å²) in [7, 11) is 1.65. The van der Waals surface area contributed by atoms with Gasteiger partial charge in [0, 0.05) is 43.6 Å². The molecular weight excluding hydrogens is 322 g/mol. The number of carbonyl (C=O) groups excluding carboxylic acids is 2. The third-order valence-corrected chi connectivity index (χ3v) is 3.50. The summed E-state index contributed by atoms with van der Waals surface area (Å²) in [5, 5.41) is 13.3. The predicted octanol–water partition coefficient (Wildman–Crippen LogP) is 3.23. The number of benzene rings is 2. The molecule has 0 aliphatic rings. The minimum atomic E-state index is -0.481. The van der Waals surface area contributed by atoms with Gasteiger partial charge in [-0.3, -0.25) is 19.7 Å². The van der Waals surface area contributed by atoms with Crippen molar-refractivity contribution in [3.05, 3.63) is 70.3 Å². The first kappa shape index (κ1) is 17.9. The lowest BCUT2D eigenvalue weighted by Gasteiger charge is -2.15. The average molecular weight is 339 g/mol. The minimum Gasteiger partial charge on any atom is -0.322 e. The smallest absolute Gasteiger partial charge is 0.269 e. The third-order valence-electron chi connectivity index (χ3n) is 3.50. The summed E-state index contributed by atoms with van der Waals surface area (Å²) in [6, 6.07) is 12.8. The molecule has 0 aliphatic carbocycles. The van der Waals surface area contributed by atoms with Gasteiger partial charge in [-0.05, 0) is 42.0 Å². The minimum absolute atomic E-state index is 0.00647. The molecule has 128 valence electrons. The number of amides is 2. The fourth-order valence-corrected chi connectivity index (χ4v) is 2.04. The number of hydrogen-bond donors (Lipinski definition) is 1. The zero-order chi connectivity index (χ0) is 18.4. The van der Waals surface area contributed by atoms with Crippen molar-refractivity contribution in [2.75, 3.05) is 17.3 Å². The van der Waals surface area contributed by atoms with Crippen molar-refractivity contribution in [3.8, 4) is 0 Å². The fourth-order valence-electron chi connectivity index (χ4n) is 2.04. The summed E-state index contributed by atoms with van der Waals surface area (Å²) >= 11 is 0. The van der Waals surface area contributed by atoms with Crippen LogP contribution in [0.3, 0.4) is 0 Å². The van der Waals surface area contributed by atoms with Crippen molar-refractivity contribution in [1.29, 1.82) is 0 Å². The van der Waals surface area contributed by atoms with Gasteiger partial charge in [0.2, 0.25) is 11.8 Å². The first-order chi connectivity index (χ1) is 11.9. The van der Waals surface area contributed by atoms with Gasteiger partial charge in [0.15, 0.2) is 0 Å². The van der Waals surface area contributed by atoms with Crippen LogP contribution in [-0.4, -0.2) is 23.8 Å². The van der Waals surface area contributed by atoms with Gasteiger partial charge < -0.3 is 10.2 Å². The molecule has 2 amide bonds. The van der Waals surface area contributed by atoms with E-state index in [1.165, 1.54) is 30.0 Å². The number of non-ortho nitro benzene ring substituents is 1. The quantitative estimate of drug-likeness (QED) is 0.514. The molecular formula is C18H17N3O4. The molecule has 7 heteroatoms. The zero-order valence-electron chi connectivity index (χ0n) is 13.8. The van der Waals surface area contributed by atoms with Crippen molar-refractivity contribution in [1.82, 2.24) is 0 Å². The Hall–Kier alpha value is -3.48. The second-order valence-corrected chi connectivity index (χ2v) is 5.30. The number of nitrogens with one attached hydrogen (secondary N) is 1. The van der Waals surface area contributed by atoms with E-state index < -0.39 is 4.92 Å². The maximum atomic E-state index is 12.0. The highest BCUT2D eigenvalue weighted by atomic mass is 16.6. The van der Waals surface area contributed by atoms with Crippen molar-refractivity contribution in [2.24, 2.45) is 0 Å². The Balaban J connectivity index is 2.03. The Morgan fingerprint density at radius 3 is 2.44 bits per heavy atom. The van der Waals surface area contributed by atoms with E-state index in [1.807, 2.05) is 0 Å². The Kier molecular flexibility index (Phi) is 5.62. The SMILES string of the molecule is CC(=O)N(C)c1cccc(NC(=O)/C=C/c2ccc([N+](=O)[O-])cc2)c1. The maximum absolute atomic E-state index is 12.0. The molecule has 0 saturated carbocycles. The summed E-state index contributed by atoms with van der Waals surface area (Å²) in [4.78, 5) is 35.0. The lowest BCUT2D eigenvalue weighted by molar-refractivity contribution is -0.384. The fraction of sp³-hybridized carbons (Fsp3) is 0.111. The standard InChI is InChI=1S/C18H17N3O4/c1-13(22)20(2)17-5-3-4-15(12-17)19-18(23)11-8-14-6-9-16(10-7-14)21(24)25/h3-12H,1-2H3,(H,19,23)/b11-8+. The Morgan fingerprint density at radius 1 is 1.16 bits per heavy atom. The highest BCUT2D eigenvalue weighted by Gasteiger charge is 2.07. The molecule has 0 aliphatic heterocycles. The number of nitrogens with zero attached hydrogens (tertiary/aromatic N) is 2. The van der Waals surface area contributed by atoms with Crippen LogP contribution in [0.2, 0.25) is 0 Å². The molecule has 0 unspecified atom stereocenters. The zero-order valence-corrected chi connectivity index (χ0v) is 13.8. The summed E-state index contributed by atoms with van der Waals surface area (Å²) in [5.41, 5.74) is 1.90. The molecule has 1 N–H and O–H groups in total. The number of nitro benzene ring substituents is 1. The number of carbonyl (C=O) groups is 2. The molecule has 2 aromatic rings. The van der Waals surface area contributed by atoms with E-state index in [1.54, 1.807) is 49.5 Å². The second kappa shape index (κ2) is 7.87. The van der Waals surface area contributed by atoms with Gasteiger partial charge in [-0.2, -0.15) is 0 Å². The van der Waals surface area contributed by atoms with Crippen LogP contribution < -0.4 is 10.2 Å². The van der Waals surface area contributed by atoms with Crippen LogP contribution in [0.1, 0.15) is 12.5 Å². The summed E-state index contributed by atoms with van der Waals surface area (Å²) < 4.78 is 0. The molecule has 0 atom stereocenters. The van der Waals surface area contributed by atoms with Gasteiger partial charge in [-0.15, -0.1) is 0 Å². The van der Waals surface area contributed by atoms with E-state index >= 15 is 0 Å². The number of rotatable bonds is 5. The topological polar surface area (TPSA) is 92.6 Å². The first-order valence-corrected chi connectivity index (χ1v) is 7.44. The Morgan fingerprint density at radius 2 is 1.84 bits per heavy atom. The normalized spacial score (nSPS) is 10.5. The van der Waals surface area contributed by atoms with E-state index in [-0.39, 0.29) is 17.5 Å². The van der Waals surface area contributed by atoms with Crippen molar-refractivity contribution >= 4 is 35.0 Å². The number of anilines is 2. The van der Waals surface area contributed by atoms with Gasteiger partial charge in [-0.1, -0.05) is 6.07 Å². The lowest BCUT2D eigenvalue weighted by Crippen LogP contribution is -2.22. The molecule has 2 rings (SSSR count). The average Bonchev–Trinajstić information content (AvgIpc) is 2.59. The van der Waals surface area contributed by atoms with Crippen LogP contribution in [0, 0.1) is 10.1 Å². The maximum Gasteiger partial charge on any atom is 0.269 e. The monoisotopic (exact) mass is 339 g/mol. The van der Waals surface area contributed by atoms with Gasteiger partial charge in [0.1, 0.15) is 0 Å². The molecule has 0 aromatic heterocycles. The van der Waals surface area contributed by atoms with Crippen molar-refractivity contribution in [2.45, 2.75) is 6.92 Å².